The fourth-order valence-corrected chi connectivity index (χ4v) is 1.73. The Morgan fingerprint density at radius 1 is 1.50 bits per heavy atom. The lowest BCUT2D eigenvalue weighted by molar-refractivity contribution is 0.278. The molecule has 0 amide bonds. The maximum Gasteiger partial charge on any atom is 0.159 e. The molecule has 6 nitrogen and oxygen atoms in total. The van der Waals surface area contributed by atoms with Gasteiger partial charge in [0.2, 0.25) is 0 Å². The Hall–Kier alpha value is -0.920. The van der Waals surface area contributed by atoms with E-state index in [2.05, 4.69) is 36.6 Å². The summed E-state index contributed by atoms with van der Waals surface area (Å²) in [7, 11) is 0. The summed E-state index contributed by atoms with van der Waals surface area (Å²) < 4.78 is 0.689. The van der Waals surface area contributed by atoms with Crippen LogP contribution in [0.2, 0.25) is 0 Å². The number of hydrazine groups is 1. The van der Waals surface area contributed by atoms with Crippen LogP contribution in [-0.4, -0.2) is 27.7 Å². The van der Waals surface area contributed by atoms with Gasteiger partial charge in [-0.15, -0.1) is 0 Å². The minimum Gasteiger partial charge on any atom is -0.396 e. The molecule has 0 aliphatic heterocycles. The normalized spacial score (nSPS) is 12.2. The summed E-state index contributed by atoms with van der Waals surface area (Å²) in [5, 5.41) is 12.1. The molecule has 0 bridgehead atoms. The molecule has 1 aromatic heterocycles. The van der Waals surface area contributed by atoms with Crippen LogP contribution >= 0.6 is 15.9 Å². The van der Waals surface area contributed by atoms with Crippen LogP contribution in [-0.2, 0) is 0 Å². The van der Waals surface area contributed by atoms with Gasteiger partial charge in [-0.25, -0.2) is 15.8 Å². The quantitative estimate of drug-likeness (QED) is 0.463. The van der Waals surface area contributed by atoms with Crippen molar-refractivity contribution in [2.24, 2.45) is 5.84 Å². The van der Waals surface area contributed by atoms with Crippen LogP contribution in [0.15, 0.2) is 10.8 Å². The Kier molecular flexibility index (Phi) is 5.44. The zero-order chi connectivity index (χ0) is 12.0. The SMILES string of the molecule is CCC(CCO)Nc1ncnc(NN)c1Br. The van der Waals surface area contributed by atoms with Gasteiger partial charge >= 0.3 is 0 Å². The van der Waals surface area contributed by atoms with Crippen LogP contribution in [0.1, 0.15) is 19.8 Å². The number of nitrogens with two attached hydrogens (primary N) is 1. The molecule has 0 aromatic carbocycles. The number of halogens is 1. The molecular weight excluding hydrogens is 274 g/mol. The van der Waals surface area contributed by atoms with Crippen molar-refractivity contribution in [1.82, 2.24) is 9.97 Å². The number of rotatable bonds is 6. The topological polar surface area (TPSA) is 96.1 Å². The van der Waals surface area contributed by atoms with E-state index in [0.717, 1.165) is 6.42 Å². The molecule has 1 aromatic rings. The highest BCUT2D eigenvalue weighted by Crippen LogP contribution is 2.26. The van der Waals surface area contributed by atoms with E-state index in [9.17, 15) is 0 Å². The van der Waals surface area contributed by atoms with E-state index in [1.807, 2.05) is 6.92 Å². The molecule has 0 spiro atoms. The second-order valence-corrected chi connectivity index (χ2v) is 4.08. The summed E-state index contributed by atoms with van der Waals surface area (Å²) in [6, 6.07) is 0.182. The van der Waals surface area contributed by atoms with Gasteiger partial charge in [-0.1, -0.05) is 6.92 Å². The molecule has 0 aliphatic carbocycles. The van der Waals surface area contributed by atoms with Crippen LogP contribution in [0, 0.1) is 0 Å². The van der Waals surface area contributed by atoms with E-state index in [-0.39, 0.29) is 12.6 Å². The molecule has 0 radical (unpaired) electrons. The Morgan fingerprint density at radius 3 is 2.75 bits per heavy atom. The standard InChI is InChI=1S/C9H16BrN5O/c1-2-6(3-4-16)14-8-7(10)9(15-11)13-5-12-8/h5-6,16H,2-4,11H2,1H3,(H2,12,13,14,15). The Bertz CT molecular complexity index is 336. The molecule has 0 saturated heterocycles. The molecule has 0 fully saturated rings. The van der Waals surface area contributed by atoms with Gasteiger partial charge in [0.15, 0.2) is 5.82 Å². The fourth-order valence-electron chi connectivity index (χ4n) is 1.30. The van der Waals surface area contributed by atoms with E-state index in [0.29, 0.717) is 22.5 Å². The lowest BCUT2D eigenvalue weighted by Gasteiger charge is -2.17. The van der Waals surface area contributed by atoms with Gasteiger partial charge in [-0.05, 0) is 28.8 Å². The third kappa shape index (κ3) is 3.29. The molecule has 1 atom stereocenters. The summed E-state index contributed by atoms with van der Waals surface area (Å²) >= 11 is 3.36. The number of nitrogen functional groups attached to an aromatic ring is 1. The minimum absolute atomic E-state index is 0.149. The molecule has 1 heterocycles. The first kappa shape index (κ1) is 13.1. The minimum atomic E-state index is 0.149. The maximum absolute atomic E-state index is 8.90. The molecule has 90 valence electrons. The highest BCUT2D eigenvalue weighted by molar-refractivity contribution is 9.10. The Labute approximate surface area is 103 Å². The van der Waals surface area contributed by atoms with Crippen molar-refractivity contribution in [3.8, 4) is 0 Å². The third-order valence-electron chi connectivity index (χ3n) is 2.24. The first-order valence-electron chi connectivity index (χ1n) is 5.07. The highest BCUT2D eigenvalue weighted by Gasteiger charge is 2.11. The van der Waals surface area contributed by atoms with Crippen molar-refractivity contribution in [1.29, 1.82) is 0 Å². The molecule has 0 aliphatic rings. The first-order chi connectivity index (χ1) is 7.72. The second-order valence-electron chi connectivity index (χ2n) is 3.29. The smallest absolute Gasteiger partial charge is 0.159 e. The van der Waals surface area contributed by atoms with Gasteiger partial charge in [0.25, 0.3) is 0 Å². The summed E-state index contributed by atoms with van der Waals surface area (Å²) in [6.45, 7) is 2.20. The largest absolute Gasteiger partial charge is 0.396 e. The monoisotopic (exact) mass is 289 g/mol. The zero-order valence-electron chi connectivity index (χ0n) is 9.07. The average Bonchev–Trinajstić information content (AvgIpc) is 2.31. The van der Waals surface area contributed by atoms with Gasteiger partial charge in [-0.3, -0.25) is 0 Å². The van der Waals surface area contributed by atoms with E-state index >= 15 is 0 Å². The van der Waals surface area contributed by atoms with Crippen molar-refractivity contribution >= 4 is 27.6 Å². The number of hydrogen-bond acceptors (Lipinski definition) is 6. The first-order valence-corrected chi connectivity index (χ1v) is 5.86. The Morgan fingerprint density at radius 2 is 2.19 bits per heavy atom. The lowest BCUT2D eigenvalue weighted by Crippen LogP contribution is -2.21. The van der Waals surface area contributed by atoms with Gasteiger partial charge < -0.3 is 15.8 Å². The number of aromatic nitrogens is 2. The number of anilines is 2. The van der Waals surface area contributed by atoms with Gasteiger partial charge in [-0.2, -0.15) is 0 Å². The predicted octanol–water partition coefficient (Wildman–Crippen LogP) is 1.10. The molecule has 1 rings (SSSR count). The Balaban J connectivity index is 2.79. The van der Waals surface area contributed by atoms with Crippen molar-refractivity contribution in [2.75, 3.05) is 17.3 Å². The van der Waals surface area contributed by atoms with Crippen molar-refractivity contribution in [3.63, 3.8) is 0 Å². The lowest BCUT2D eigenvalue weighted by atomic mass is 10.1. The number of hydrogen-bond donors (Lipinski definition) is 4. The van der Waals surface area contributed by atoms with E-state index in [4.69, 9.17) is 10.9 Å². The van der Waals surface area contributed by atoms with Crippen LogP contribution in [0.4, 0.5) is 11.6 Å². The van der Waals surface area contributed by atoms with Crippen molar-refractivity contribution in [2.45, 2.75) is 25.8 Å². The molecule has 1 unspecified atom stereocenters. The summed E-state index contributed by atoms with van der Waals surface area (Å²) in [5.41, 5.74) is 2.47. The summed E-state index contributed by atoms with van der Waals surface area (Å²) in [5.74, 6) is 6.50. The predicted molar refractivity (Wildman–Crippen MR) is 66.9 cm³/mol. The molecule has 16 heavy (non-hydrogen) atoms. The number of nitrogens with one attached hydrogen (secondary N) is 2. The highest BCUT2D eigenvalue weighted by atomic mass is 79.9. The number of aliphatic hydroxyl groups excluding tert-OH is 1. The fraction of sp³-hybridized carbons (Fsp3) is 0.556. The number of aliphatic hydroxyl groups is 1. The third-order valence-corrected chi connectivity index (χ3v) is 2.99. The average molecular weight is 290 g/mol. The maximum atomic E-state index is 8.90. The molecule has 0 saturated carbocycles. The van der Waals surface area contributed by atoms with Gasteiger partial charge in [0.05, 0.1) is 0 Å². The van der Waals surface area contributed by atoms with Crippen LogP contribution in [0.25, 0.3) is 0 Å². The van der Waals surface area contributed by atoms with Crippen LogP contribution in [0.3, 0.4) is 0 Å². The molecular formula is C9H16BrN5O. The van der Waals surface area contributed by atoms with Crippen LogP contribution < -0.4 is 16.6 Å². The van der Waals surface area contributed by atoms with E-state index in [1.54, 1.807) is 0 Å². The molecule has 7 heteroatoms. The summed E-state index contributed by atoms with van der Waals surface area (Å²) in [6.07, 6.45) is 3.01. The number of nitrogens with zero attached hydrogens (tertiary/aromatic N) is 2. The van der Waals surface area contributed by atoms with E-state index < -0.39 is 0 Å². The molecule has 5 N–H and O–H groups in total. The van der Waals surface area contributed by atoms with Crippen LogP contribution in [0.5, 0.6) is 0 Å². The zero-order valence-corrected chi connectivity index (χ0v) is 10.7. The van der Waals surface area contributed by atoms with Gasteiger partial charge in [0.1, 0.15) is 16.6 Å². The van der Waals surface area contributed by atoms with Gasteiger partial charge in [0, 0.05) is 12.6 Å². The van der Waals surface area contributed by atoms with Crippen molar-refractivity contribution < 1.29 is 5.11 Å². The summed E-state index contributed by atoms with van der Waals surface area (Å²) in [4.78, 5) is 8.06. The second kappa shape index (κ2) is 6.62. The van der Waals surface area contributed by atoms with Crippen molar-refractivity contribution in [3.05, 3.63) is 10.8 Å². The van der Waals surface area contributed by atoms with E-state index in [1.165, 1.54) is 6.33 Å².